The highest BCUT2D eigenvalue weighted by molar-refractivity contribution is 7.89. The fraction of sp³-hybridized carbons (Fsp3) is 0.800. The molecule has 2 fully saturated rings. The van der Waals surface area contributed by atoms with E-state index < -0.39 is 10.0 Å². The Hall–Kier alpha value is -0.100. The third-order valence-corrected chi connectivity index (χ3v) is 3.96. The van der Waals surface area contributed by atoms with Gasteiger partial charge >= 0.3 is 0 Å². The minimum atomic E-state index is -3.06. The van der Waals surface area contributed by atoms with Gasteiger partial charge in [-0.3, -0.25) is 0 Å². The van der Waals surface area contributed by atoms with Gasteiger partial charge in [0.25, 0.3) is 0 Å². The third kappa shape index (κ3) is 6.48. The van der Waals surface area contributed by atoms with E-state index in [1.54, 1.807) is 0 Å². The van der Waals surface area contributed by atoms with E-state index in [9.17, 15) is 8.42 Å². The van der Waals surface area contributed by atoms with Crippen LogP contribution in [0.25, 0.3) is 0 Å². The normalized spacial score (nSPS) is 20.0. The van der Waals surface area contributed by atoms with Crippen molar-refractivity contribution in [1.29, 1.82) is 0 Å². The van der Waals surface area contributed by atoms with Crippen LogP contribution in [0, 0.1) is 0 Å². The van der Waals surface area contributed by atoms with Gasteiger partial charge in [0.2, 0.25) is 10.0 Å². The number of rotatable bonds is 3. The van der Waals surface area contributed by atoms with E-state index in [0.29, 0.717) is 13.1 Å². The summed E-state index contributed by atoms with van der Waals surface area (Å²) in [6.45, 7) is 6.07. The van der Waals surface area contributed by atoms with Gasteiger partial charge in [0.1, 0.15) is 0 Å². The molecule has 4 nitrogen and oxygen atoms in total. The quantitative estimate of drug-likeness (QED) is 0.777. The largest absolute Gasteiger partial charge is 0.314 e. The highest BCUT2D eigenvalue weighted by atomic mass is 35.5. The molecule has 0 atom stereocenters. The van der Waals surface area contributed by atoms with Crippen LogP contribution in [0.5, 0.6) is 0 Å². The van der Waals surface area contributed by atoms with Gasteiger partial charge < -0.3 is 5.32 Å². The van der Waals surface area contributed by atoms with Crippen LogP contribution in [-0.2, 0) is 10.0 Å². The van der Waals surface area contributed by atoms with E-state index in [0.717, 1.165) is 13.1 Å². The molecule has 1 aliphatic carbocycles. The molecule has 0 amide bonds. The Bertz CT molecular complexity index is 282. The first kappa shape index (κ1) is 15.9. The van der Waals surface area contributed by atoms with Crippen LogP contribution >= 0.6 is 12.4 Å². The second-order valence-electron chi connectivity index (χ2n) is 3.78. The lowest BCUT2D eigenvalue weighted by Gasteiger charge is -2.25. The second-order valence-corrected chi connectivity index (χ2v) is 5.79. The number of nitrogens with zero attached hydrogens (tertiary/aromatic N) is 1. The Balaban J connectivity index is 0.000000485. The summed E-state index contributed by atoms with van der Waals surface area (Å²) >= 11 is 0. The molecule has 0 unspecified atom stereocenters. The van der Waals surface area contributed by atoms with Crippen LogP contribution in [-0.4, -0.2) is 44.7 Å². The first-order valence-electron chi connectivity index (χ1n) is 5.46. The fourth-order valence-corrected chi connectivity index (χ4v) is 2.42. The average Bonchev–Trinajstić information content (AvgIpc) is 3.06. The maximum absolute atomic E-state index is 11.4. The SMILES string of the molecule is C1CC1.C=CCS(=O)(=O)N1CCNCC1.Cl. The van der Waals surface area contributed by atoms with Crippen LogP contribution in [0.4, 0.5) is 0 Å². The van der Waals surface area contributed by atoms with Gasteiger partial charge in [-0.05, 0) is 0 Å². The zero-order valence-corrected chi connectivity index (χ0v) is 11.2. The molecule has 96 valence electrons. The summed E-state index contributed by atoms with van der Waals surface area (Å²) in [6.07, 6.45) is 5.93. The van der Waals surface area contributed by atoms with Crippen molar-refractivity contribution >= 4 is 22.4 Å². The van der Waals surface area contributed by atoms with Gasteiger partial charge in [0, 0.05) is 26.2 Å². The second kappa shape index (κ2) is 8.06. The lowest BCUT2D eigenvalue weighted by Crippen LogP contribution is -2.46. The highest BCUT2D eigenvalue weighted by Gasteiger charge is 2.21. The van der Waals surface area contributed by atoms with Crippen molar-refractivity contribution in [3.8, 4) is 0 Å². The molecule has 0 radical (unpaired) electrons. The summed E-state index contributed by atoms with van der Waals surface area (Å²) < 4.78 is 24.3. The van der Waals surface area contributed by atoms with Gasteiger partial charge in [-0.15, -0.1) is 19.0 Å². The smallest absolute Gasteiger partial charge is 0.217 e. The molecule has 2 aliphatic rings. The molecule has 0 bridgehead atoms. The summed E-state index contributed by atoms with van der Waals surface area (Å²) in [6, 6.07) is 0. The third-order valence-electron chi connectivity index (χ3n) is 2.15. The molecule has 16 heavy (non-hydrogen) atoms. The molecule has 0 spiro atoms. The fourth-order valence-electron chi connectivity index (χ4n) is 1.18. The predicted octanol–water partition coefficient (Wildman–Crippen LogP) is 0.999. The molecular weight excluding hydrogens is 248 g/mol. The molecule has 1 N–H and O–H groups in total. The van der Waals surface area contributed by atoms with Crippen LogP contribution in [0.3, 0.4) is 0 Å². The molecule has 1 saturated heterocycles. The van der Waals surface area contributed by atoms with E-state index in [1.165, 1.54) is 29.6 Å². The van der Waals surface area contributed by atoms with Crippen LogP contribution in [0.1, 0.15) is 19.3 Å². The topological polar surface area (TPSA) is 49.4 Å². The number of hydrogen-bond acceptors (Lipinski definition) is 3. The Morgan fingerprint density at radius 3 is 2.06 bits per heavy atom. The number of nitrogens with one attached hydrogen (secondary N) is 1. The summed E-state index contributed by atoms with van der Waals surface area (Å²) in [7, 11) is -3.06. The van der Waals surface area contributed by atoms with Crippen molar-refractivity contribution in [2.45, 2.75) is 19.3 Å². The van der Waals surface area contributed by atoms with Gasteiger partial charge in [-0.2, -0.15) is 4.31 Å². The predicted molar refractivity (Wildman–Crippen MR) is 69.5 cm³/mol. The van der Waals surface area contributed by atoms with Crippen molar-refractivity contribution in [2.75, 3.05) is 31.9 Å². The molecule has 1 aliphatic heterocycles. The molecule has 0 aromatic heterocycles. The molecule has 6 heteroatoms. The van der Waals surface area contributed by atoms with E-state index in [-0.39, 0.29) is 18.2 Å². The Labute approximate surface area is 105 Å². The van der Waals surface area contributed by atoms with Gasteiger partial charge in [0.05, 0.1) is 5.75 Å². The van der Waals surface area contributed by atoms with Crippen LogP contribution in [0.15, 0.2) is 12.7 Å². The minimum absolute atomic E-state index is 0. The first-order valence-corrected chi connectivity index (χ1v) is 7.07. The number of hydrogen-bond donors (Lipinski definition) is 1. The lowest BCUT2D eigenvalue weighted by molar-refractivity contribution is 0.361. The molecule has 0 aromatic carbocycles. The standard InChI is InChI=1S/C7H14N2O2S.C3H6.ClH/c1-2-7-12(10,11)9-5-3-8-4-6-9;1-2-3-1;/h2,8H,1,3-7H2;1-3H2;1H. The molecule has 1 saturated carbocycles. The highest BCUT2D eigenvalue weighted by Crippen LogP contribution is 2.14. The van der Waals surface area contributed by atoms with Gasteiger partial charge in [-0.1, -0.05) is 25.3 Å². The Morgan fingerprint density at radius 1 is 1.19 bits per heavy atom. The van der Waals surface area contributed by atoms with Crippen LogP contribution < -0.4 is 5.32 Å². The monoisotopic (exact) mass is 268 g/mol. The summed E-state index contributed by atoms with van der Waals surface area (Å²) in [4.78, 5) is 0. The first-order chi connectivity index (χ1) is 7.17. The molecule has 0 aromatic rings. The van der Waals surface area contributed by atoms with Crippen molar-refractivity contribution in [3.05, 3.63) is 12.7 Å². The molecule has 1 heterocycles. The maximum Gasteiger partial charge on any atom is 0.217 e. The van der Waals surface area contributed by atoms with E-state index in [2.05, 4.69) is 11.9 Å². The van der Waals surface area contributed by atoms with Crippen molar-refractivity contribution in [3.63, 3.8) is 0 Å². The molecule has 2 rings (SSSR count). The summed E-state index contributed by atoms with van der Waals surface area (Å²) in [5, 5.41) is 3.10. The van der Waals surface area contributed by atoms with E-state index in [1.807, 2.05) is 0 Å². The van der Waals surface area contributed by atoms with Gasteiger partial charge in [-0.25, -0.2) is 8.42 Å². The van der Waals surface area contributed by atoms with Crippen LogP contribution in [0.2, 0.25) is 0 Å². The van der Waals surface area contributed by atoms with Gasteiger partial charge in [0.15, 0.2) is 0 Å². The average molecular weight is 269 g/mol. The van der Waals surface area contributed by atoms with Crippen molar-refractivity contribution in [1.82, 2.24) is 9.62 Å². The number of sulfonamides is 1. The number of piperazine rings is 1. The van der Waals surface area contributed by atoms with E-state index >= 15 is 0 Å². The maximum atomic E-state index is 11.4. The molecular formula is C10H21ClN2O2S. The zero-order chi connectivity index (χ0) is 11.1. The van der Waals surface area contributed by atoms with Crippen molar-refractivity contribution in [2.24, 2.45) is 0 Å². The van der Waals surface area contributed by atoms with Crippen molar-refractivity contribution < 1.29 is 8.42 Å². The lowest BCUT2D eigenvalue weighted by atomic mass is 10.4. The van der Waals surface area contributed by atoms with E-state index in [4.69, 9.17) is 0 Å². The summed E-state index contributed by atoms with van der Waals surface area (Å²) in [5.41, 5.74) is 0. The minimum Gasteiger partial charge on any atom is -0.314 e. The Morgan fingerprint density at radius 2 is 1.69 bits per heavy atom. The zero-order valence-electron chi connectivity index (χ0n) is 9.52. The number of halogens is 1. The Kier molecular flexibility index (Phi) is 8.01. The summed E-state index contributed by atoms with van der Waals surface area (Å²) in [5.74, 6) is 0.0486.